The Hall–Kier alpha value is -3.23. The lowest BCUT2D eigenvalue weighted by Gasteiger charge is -2.23. The van der Waals surface area contributed by atoms with Crippen molar-refractivity contribution >= 4 is 38.2 Å². The summed E-state index contributed by atoms with van der Waals surface area (Å²) >= 11 is 1.33. The van der Waals surface area contributed by atoms with Crippen LogP contribution >= 0.6 is 11.3 Å². The fourth-order valence-electron chi connectivity index (χ4n) is 4.20. The minimum atomic E-state index is -0.183. The van der Waals surface area contributed by atoms with Crippen LogP contribution < -0.4 is 10.3 Å². The number of carbonyl (C=O) groups excluding carboxylic acids is 1. The Kier molecular flexibility index (Phi) is 7.29. The molecule has 4 aromatic rings. The van der Waals surface area contributed by atoms with Crippen LogP contribution in [0.1, 0.15) is 29.2 Å². The van der Waals surface area contributed by atoms with Crippen LogP contribution in [0.3, 0.4) is 0 Å². The molecule has 3 heterocycles. The lowest BCUT2D eigenvalue weighted by Crippen LogP contribution is -2.36. The number of hydrogen-bond acceptors (Lipinski definition) is 6. The van der Waals surface area contributed by atoms with Gasteiger partial charge in [-0.3, -0.25) is 14.6 Å². The number of benzene rings is 1. The maximum Gasteiger partial charge on any atom is 0.267 e. The van der Waals surface area contributed by atoms with E-state index >= 15 is 0 Å². The summed E-state index contributed by atoms with van der Waals surface area (Å²) in [5, 5.41) is 1.36. The van der Waals surface area contributed by atoms with Crippen molar-refractivity contribution < 1.29 is 9.53 Å². The number of fused-ring (bicyclic) bond motifs is 3. The molecule has 0 N–H and O–H groups in total. The monoisotopic (exact) mass is 478 g/mol. The van der Waals surface area contributed by atoms with Gasteiger partial charge in [-0.2, -0.15) is 0 Å². The number of rotatable bonds is 9. The largest absolute Gasteiger partial charge is 0.494 e. The zero-order chi connectivity index (χ0) is 24.2. The highest BCUT2D eigenvalue weighted by Gasteiger charge is 2.26. The van der Waals surface area contributed by atoms with Crippen molar-refractivity contribution in [2.45, 2.75) is 20.4 Å². The number of likely N-dealkylation sites (N-methyl/N-ethyl adjacent to an activating group) is 2. The zero-order valence-corrected chi connectivity index (χ0v) is 20.9. The first kappa shape index (κ1) is 23.9. The first-order valence-corrected chi connectivity index (χ1v) is 12.3. The second-order valence-electron chi connectivity index (χ2n) is 8.15. The van der Waals surface area contributed by atoms with E-state index in [2.05, 4.69) is 23.7 Å². The van der Waals surface area contributed by atoms with Crippen LogP contribution in [0.4, 0.5) is 0 Å². The third-order valence-electron chi connectivity index (χ3n) is 6.20. The molecule has 0 radical (unpaired) electrons. The number of ether oxygens (including phenoxy) is 1. The minimum absolute atomic E-state index is 0.134. The molecule has 1 amide bonds. The van der Waals surface area contributed by atoms with Crippen molar-refractivity contribution in [3.05, 3.63) is 69.6 Å². The summed E-state index contributed by atoms with van der Waals surface area (Å²) in [7, 11) is 3.32. The van der Waals surface area contributed by atoms with Crippen molar-refractivity contribution in [3.63, 3.8) is 0 Å². The Bertz CT molecular complexity index is 1360. The van der Waals surface area contributed by atoms with Crippen LogP contribution in [0.15, 0.2) is 53.5 Å². The predicted octanol–water partition coefficient (Wildman–Crippen LogP) is 4.08. The first-order chi connectivity index (χ1) is 16.5. The number of para-hydroxylation sites is 1. The maximum atomic E-state index is 13.8. The predicted molar refractivity (Wildman–Crippen MR) is 138 cm³/mol. The highest BCUT2D eigenvalue weighted by Crippen LogP contribution is 2.40. The number of amides is 1. The molecule has 178 valence electrons. The topological polar surface area (TPSA) is 67.7 Å². The second kappa shape index (κ2) is 10.4. The van der Waals surface area contributed by atoms with Gasteiger partial charge in [0, 0.05) is 31.7 Å². The number of pyridine rings is 2. The normalized spacial score (nSPS) is 11.4. The molecule has 3 aromatic heterocycles. The van der Waals surface area contributed by atoms with Crippen molar-refractivity contribution in [2.75, 3.05) is 40.3 Å². The number of aromatic nitrogens is 2. The van der Waals surface area contributed by atoms with Gasteiger partial charge in [-0.05, 0) is 31.3 Å². The van der Waals surface area contributed by atoms with Gasteiger partial charge in [0.15, 0.2) is 5.75 Å². The lowest BCUT2D eigenvalue weighted by molar-refractivity contribution is 0.0781. The maximum absolute atomic E-state index is 13.8. The summed E-state index contributed by atoms with van der Waals surface area (Å²) in [5.41, 5.74) is 1.41. The van der Waals surface area contributed by atoms with Crippen LogP contribution in [0.5, 0.6) is 5.75 Å². The molecule has 4 rings (SSSR count). The molecule has 34 heavy (non-hydrogen) atoms. The molecular weight excluding hydrogens is 448 g/mol. The van der Waals surface area contributed by atoms with E-state index in [1.54, 1.807) is 22.7 Å². The quantitative estimate of drug-likeness (QED) is 0.363. The molecular formula is C26H30N4O3S. The van der Waals surface area contributed by atoms with Crippen molar-refractivity contribution in [3.8, 4) is 5.75 Å². The van der Waals surface area contributed by atoms with Crippen molar-refractivity contribution in [1.82, 2.24) is 19.4 Å². The number of hydrogen-bond donors (Lipinski definition) is 0. The van der Waals surface area contributed by atoms with Gasteiger partial charge in [0.05, 0.1) is 29.6 Å². The summed E-state index contributed by atoms with van der Waals surface area (Å²) in [6.45, 7) is 7.83. The molecule has 8 heteroatoms. The van der Waals surface area contributed by atoms with Gasteiger partial charge in [0.2, 0.25) is 0 Å². The van der Waals surface area contributed by atoms with E-state index in [-0.39, 0.29) is 11.5 Å². The van der Waals surface area contributed by atoms with E-state index < -0.39 is 0 Å². The Labute approximate surface area is 203 Å². The molecule has 0 aliphatic rings. The molecule has 0 bridgehead atoms. The number of nitrogens with zero attached hydrogens (tertiary/aromatic N) is 4. The molecule has 0 aliphatic heterocycles. The highest BCUT2D eigenvalue weighted by molar-refractivity contribution is 7.22. The SMILES string of the molecule is CCN(CC)CCN(C)C(=O)c1sc2c(c1OC)c(=O)n(Cc1ccccn1)c1ccccc21. The molecule has 0 spiro atoms. The van der Waals surface area contributed by atoms with Gasteiger partial charge < -0.3 is 19.1 Å². The minimum Gasteiger partial charge on any atom is -0.494 e. The summed E-state index contributed by atoms with van der Waals surface area (Å²) in [4.78, 5) is 36.0. The molecule has 0 atom stereocenters. The molecule has 0 fully saturated rings. The fourth-order valence-corrected chi connectivity index (χ4v) is 5.49. The molecule has 1 aromatic carbocycles. The van der Waals surface area contributed by atoms with Crippen LogP contribution in [-0.4, -0.2) is 65.6 Å². The average Bonchev–Trinajstić information content (AvgIpc) is 3.27. The van der Waals surface area contributed by atoms with Crippen molar-refractivity contribution in [1.29, 1.82) is 0 Å². The number of thiophene rings is 1. The zero-order valence-electron chi connectivity index (χ0n) is 20.1. The van der Waals surface area contributed by atoms with Crippen LogP contribution in [0.25, 0.3) is 21.0 Å². The van der Waals surface area contributed by atoms with Crippen LogP contribution in [0.2, 0.25) is 0 Å². The molecule has 7 nitrogen and oxygen atoms in total. The van der Waals surface area contributed by atoms with Gasteiger partial charge in [-0.1, -0.05) is 38.1 Å². The second-order valence-corrected chi connectivity index (χ2v) is 9.17. The van der Waals surface area contributed by atoms with Gasteiger partial charge in [0.25, 0.3) is 11.5 Å². The molecule has 0 saturated heterocycles. The first-order valence-electron chi connectivity index (χ1n) is 11.5. The molecule has 0 saturated carbocycles. The van der Waals surface area contributed by atoms with E-state index in [0.717, 1.165) is 40.9 Å². The summed E-state index contributed by atoms with van der Waals surface area (Å²) in [5.74, 6) is 0.218. The average molecular weight is 479 g/mol. The van der Waals surface area contributed by atoms with E-state index in [9.17, 15) is 9.59 Å². The lowest BCUT2D eigenvalue weighted by atomic mass is 10.1. The highest BCUT2D eigenvalue weighted by atomic mass is 32.1. The van der Waals surface area contributed by atoms with Crippen molar-refractivity contribution in [2.24, 2.45) is 0 Å². The Morgan fingerprint density at radius 1 is 1.09 bits per heavy atom. The Balaban J connectivity index is 1.84. The van der Waals surface area contributed by atoms with Gasteiger partial charge in [-0.15, -0.1) is 11.3 Å². The summed E-state index contributed by atoms with van der Waals surface area (Å²) in [6.07, 6.45) is 1.72. The van der Waals surface area contributed by atoms with Crippen LogP contribution in [-0.2, 0) is 6.54 Å². The van der Waals surface area contributed by atoms with Gasteiger partial charge in [0.1, 0.15) is 10.3 Å². The number of methoxy groups -OCH3 is 1. The molecule has 0 unspecified atom stereocenters. The smallest absolute Gasteiger partial charge is 0.267 e. The third-order valence-corrected chi connectivity index (χ3v) is 7.39. The van der Waals surface area contributed by atoms with Gasteiger partial charge in [-0.25, -0.2) is 0 Å². The summed E-state index contributed by atoms with van der Waals surface area (Å²) < 4.78 is 8.19. The van der Waals surface area contributed by atoms with E-state index in [4.69, 9.17) is 4.74 Å². The third kappa shape index (κ3) is 4.43. The van der Waals surface area contributed by atoms with Crippen LogP contribution in [0, 0.1) is 0 Å². The Morgan fingerprint density at radius 3 is 2.50 bits per heavy atom. The van der Waals surface area contributed by atoms with Gasteiger partial charge >= 0.3 is 0 Å². The standard InChI is InChI=1S/C26H30N4O3S/c1-5-29(6-2)16-15-28(3)26(32)24-22(33-4)21-23(34-24)19-12-7-8-13-20(19)30(25(21)31)17-18-11-9-10-14-27-18/h7-14H,5-6,15-17H2,1-4H3. The van der Waals surface area contributed by atoms with E-state index in [0.29, 0.717) is 29.1 Å². The number of carbonyl (C=O) groups is 1. The Morgan fingerprint density at radius 2 is 1.82 bits per heavy atom. The van der Waals surface area contributed by atoms with E-state index in [1.165, 1.54) is 18.4 Å². The van der Waals surface area contributed by atoms with E-state index in [1.807, 2.05) is 42.5 Å². The summed E-state index contributed by atoms with van der Waals surface area (Å²) in [6, 6.07) is 13.4. The molecule has 0 aliphatic carbocycles. The fraction of sp³-hybridized carbons (Fsp3) is 0.346.